The maximum atomic E-state index is 14.3. The average Bonchev–Trinajstić information content (AvgIpc) is 1.54. The molecule has 4 bridgehead atoms. The predicted molar refractivity (Wildman–Crippen MR) is 483 cm³/mol. The van der Waals surface area contributed by atoms with Gasteiger partial charge in [0.05, 0.1) is 104 Å². The molecular weight excluding hydrogens is 1710 g/mol. The lowest BCUT2D eigenvalue weighted by atomic mass is 9.71. The lowest BCUT2D eigenvalue weighted by Gasteiger charge is -2.48. The molecule has 1 aromatic rings. The molecule has 1 amide bonds. The molecule has 0 saturated carbocycles. The van der Waals surface area contributed by atoms with E-state index in [-0.39, 0.29) is 85.3 Å². The van der Waals surface area contributed by atoms with Crippen molar-refractivity contribution in [3.8, 4) is 0 Å². The summed E-state index contributed by atoms with van der Waals surface area (Å²) in [6.07, 6.45) is 19.1. The Morgan fingerprint density at radius 1 is 0.515 bits per heavy atom. The molecule has 8 saturated heterocycles. The number of aromatic nitrogens is 1. The highest BCUT2D eigenvalue weighted by Crippen LogP contribution is 2.51. The lowest BCUT2D eigenvalue weighted by molar-refractivity contribution is -0.318. The minimum absolute atomic E-state index is 0.0313. The van der Waals surface area contributed by atoms with E-state index in [9.17, 15) is 45.0 Å². The Morgan fingerprint density at radius 3 is 1.30 bits per heavy atom. The topological polar surface area (TPSA) is 396 Å². The fourth-order valence-electron chi connectivity index (χ4n) is 21.5. The number of nitrogens with zero attached hydrogens (tertiary/aromatic N) is 1. The number of carbonyl (C=O) groups is 3. The highest BCUT2D eigenvalue weighted by atomic mass is 16.8. The molecule has 14 aliphatic rings. The van der Waals surface area contributed by atoms with Gasteiger partial charge in [0, 0.05) is 116 Å². The zero-order chi connectivity index (χ0) is 95.3. The number of nitrogens with two attached hydrogens (primary N) is 1. The minimum atomic E-state index is -1.84. The molecule has 15 rings (SSSR count). The third-order valence-corrected chi connectivity index (χ3v) is 29.4. The maximum Gasteiger partial charge on any atom is 0.316 e. The third-order valence-electron chi connectivity index (χ3n) is 29.4. The van der Waals surface area contributed by atoms with E-state index >= 15 is 0 Å². The van der Waals surface area contributed by atoms with Gasteiger partial charge in [-0.25, -0.2) is 0 Å². The largest absolute Gasteiger partial charge is 0.462 e. The third kappa shape index (κ3) is 22.9. The first-order valence-corrected chi connectivity index (χ1v) is 47.7. The number of rotatable bonds is 16. The second-order valence-electron chi connectivity index (χ2n) is 39.4. The van der Waals surface area contributed by atoms with Crippen molar-refractivity contribution < 1.29 is 140 Å². The first-order chi connectivity index (χ1) is 62.8. The van der Waals surface area contributed by atoms with Gasteiger partial charge in [-0.2, -0.15) is 0 Å². The van der Waals surface area contributed by atoms with Gasteiger partial charge in [0.2, 0.25) is 5.91 Å². The Morgan fingerprint density at radius 2 is 0.917 bits per heavy atom. The zero-order valence-corrected chi connectivity index (χ0v) is 80.5. The van der Waals surface area contributed by atoms with Crippen molar-refractivity contribution in [2.24, 2.45) is 53.1 Å². The summed E-state index contributed by atoms with van der Waals surface area (Å²) in [4.78, 5) is 42.7. The zero-order valence-electron chi connectivity index (χ0n) is 80.5. The number of aliphatic hydroxyl groups excluding tert-OH is 4. The Bertz CT molecular complexity index is 4380. The van der Waals surface area contributed by atoms with Crippen molar-refractivity contribution in [2.45, 2.75) is 376 Å². The van der Waals surface area contributed by atoms with E-state index in [2.05, 4.69) is 84.7 Å². The second-order valence-corrected chi connectivity index (χ2v) is 39.4. The number of allylic oxidation sites excluding steroid dienone is 4. The van der Waals surface area contributed by atoms with Gasteiger partial charge in [0.1, 0.15) is 84.1 Å². The molecule has 1 aromatic heterocycles. The quantitative estimate of drug-likeness (QED) is 0.0597. The monoisotopic (exact) mass is 1850 g/mol. The summed E-state index contributed by atoms with van der Waals surface area (Å²) in [5, 5.41) is 68.4. The summed E-state index contributed by atoms with van der Waals surface area (Å²) in [7, 11) is 6.44. The van der Waals surface area contributed by atoms with Crippen LogP contribution in [-0.2, 0) is 104 Å². The van der Waals surface area contributed by atoms with Crippen LogP contribution in [-0.4, -0.2) is 290 Å². The van der Waals surface area contributed by atoms with Crippen molar-refractivity contribution in [2.75, 3.05) is 41.7 Å². The molecule has 2 aliphatic carbocycles. The molecule has 736 valence electrons. The molecule has 132 heavy (non-hydrogen) atoms. The molecule has 31 heteroatoms. The smallest absolute Gasteiger partial charge is 0.316 e. The van der Waals surface area contributed by atoms with Crippen LogP contribution in [0.1, 0.15) is 192 Å². The fraction of sp³-hybridized carbons (Fsp3) is 0.723. The van der Waals surface area contributed by atoms with E-state index in [1.165, 1.54) is 6.20 Å². The summed E-state index contributed by atoms with van der Waals surface area (Å²) in [6.45, 7) is 32.1. The number of ether oxygens (including phenoxy) is 20. The number of primary amides is 1. The van der Waals surface area contributed by atoms with E-state index in [4.69, 9.17) is 100 Å². The Hall–Kier alpha value is -6.00. The van der Waals surface area contributed by atoms with Crippen LogP contribution in [0.2, 0.25) is 0 Å². The number of hydrogen-bond acceptors (Lipinski definition) is 30. The number of methoxy groups -OCH3 is 4. The van der Waals surface area contributed by atoms with Gasteiger partial charge >= 0.3 is 11.9 Å². The van der Waals surface area contributed by atoms with Crippen LogP contribution in [0, 0.1) is 47.3 Å². The van der Waals surface area contributed by atoms with Crippen LogP contribution in [0.25, 0.3) is 0 Å². The van der Waals surface area contributed by atoms with Crippen molar-refractivity contribution in [1.82, 2.24) is 4.98 Å². The Labute approximate surface area is 778 Å². The highest BCUT2D eigenvalue weighted by molar-refractivity contribution is 5.92. The number of esters is 2. The predicted octanol–water partition coefficient (Wildman–Crippen LogP) is 10.5. The molecule has 8 N–H and O–H groups in total. The van der Waals surface area contributed by atoms with Gasteiger partial charge in [-0.3, -0.25) is 19.4 Å². The first-order valence-electron chi connectivity index (χ1n) is 47.7. The van der Waals surface area contributed by atoms with Crippen LogP contribution in [0.4, 0.5) is 0 Å². The SMILES string of the molecule is CC[C@H](C)[C@H]1O[C@]2(C=C[C@@H]1C)C[C@@H]1C[C@@H](C/C=C(\C)[C@@H](O[C@H]3C[C@H](OC)[C@@H](O[C@H]4C[C@H](OC)[C@@H](O)[C@H](C)O4)[C@H](C)O3)[C@@H](C)/C=C/C=C3\CO[C@@H]4[C@H](O)C(C)=C[C@@H](C(=O)O1)[C@]34O)O2.CO[C@H]1C[C@H](O[C@H]2[C@H](C)O[C@@H](O[C@@H]3/C(C)=C/C[C@@H]4C[C@@H](C[C@]5(C=C[C@H](C)[C@@H](C(C)C)O5)O4)OC(=O)[C@@H]4C=C(C)[C@@H](O)[C@H]5OC/C(=C\C=C\[C@@H]3C)[C@]54O)C[C@@H]2OC)O[C@@H](C)[C@@H]1O.NC(=O)c1cccnc1. The normalized spacial score (nSPS) is 46.5. The van der Waals surface area contributed by atoms with E-state index in [0.717, 1.165) is 17.6 Å². The van der Waals surface area contributed by atoms with Crippen LogP contribution < -0.4 is 5.73 Å². The first kappa shape index (κ1) is 103. The van der Waals surface area contributed by atoms with Gasteiger partial charge in [-0.1, -0.05) is 135 Å². The number of amides is 1. The molecule has 2 spiro atoms. The summed E-state index contributed by atoms with van der Waals surface area (Å²) >= 11 is 0. The average molecular weight is 1850 g/mol. The molecular formula is C101H148N2O29. The summed E-state index contributed by atoms with van der Waals surface area (Å²) in [5.41, 5.74) is 5.64. The Balaban J connectivity index is 0.000000205. The number of carbonyl (C=O) groups excluding carboxylic acids is 3. The van der Waals surface area contributed by atoms with Gasteiger partial charge in [0.15, 0.2) is 36.7 Å². The summed E-state index contributed by atoms with van der Waals surface area (Å²) in [6, 6.07) is 3.29. The van der Waals surface area contributed by atoms with Crippen molar-refractivity contribution in [3.63, 3.8) is 0 Å². The van der Waals surface area contributed by atoms with Crippen molar-refractivity contribution in [1.29, 1.82) is 0 Å². The van der Waals surface area contributed by atoms with Crippen molar-refractivity contribution >= 4 is 17.8 Å². The maximum absolute atomic E-state index is 14.3. The summed E-state index contributed by atoms with van der Waals surface area (Å²) < 4.78 is 127. The van der Waals surface area contributed by atoms with E-state index < -0.39 is 187 Å². The highest BCUT2D eigenvalue weighted by Gasteiger charge is 2.63. The van der Waals surface area contributed by atoms with Crippen LogP contribution in [0.3, 0.4) is 0 Å². The van der Waals surface area contributed by atoms with E-state index in [0.29, 0.717) is 92.1 Å². The van der Waals surface area contributed by atoms with Gasteiger partial charge in [0.25, 0.3) is 0 Å². The summed E-state index contributed by atoms with van der Waals surface area (Å²) in [5.74, 6) is -5.63. The van der Waals surface area contributed by atoms with Gasteiger partial charge in [-0.15, -0.1) is 0 Å². The molecule has 0 unspecified atom stereocenters. The van der Waals surface area contributed by atoms with Crippen molar-refractivity contribution in [3.05, 3.63) is 149 Å². The number of pyridine rings is 1. The fourth-order valence-corrected chi connectivity index (χ4v) is 21.5. The van der Waals surface area contributed by atoms with Crippen LogP contribution >= 0.6 is 0 Å². The van der Waals surface area contributed by atoms with E-state index in [1.54, 1.807) is 98.8 Å². The Kier molecular flexibility index (Phi) is 34.8. The molecule has 31 nitrogen and oxygen atoms in total. The molecule has 8 fully saturated rings. The number of hydrogen-bond donors (Lipinski definition) is 7. The minimum Gasteiger partial charge on any atom is -0.462 e. The standard InChI is InChI=1S/C48H72O14.C47H70O14.C6H6N2O/c1-11-25(2)43-28(5)17-18-47(62-43)23-34-20-33(61-47)16-15-27(4)42(26(3)13-12-14-32-24-55-45-40(49)29(6)19-35(46(51)58-34)48(32,45)52)59-39-22-37(54-10)44(31(8)57-39)60-38-21-36(53-9)41(50)30(7)56-38;1-24(2)41-27(5)16-17-46(61-41)22-33-19-32(60-46)15-14-26(4)42(25(3)12-11-13-31-23-54-44-39(48)28(6)18-34(45(50)57-33)47(31,44)51)58-38-21-36(53-10)43(30(8)56-38)59-37-20-35(52-9)40(49)29(7)55-37;7-6(9)5-2-1-3-8-4-5/h12-15,17-19,25-26,28,30-31,33-45,49-50,52H,11,16,20-24H2,1-10H3;11-14,16-18,24-25,27,29-30,32-44,48-49,51H,15,19-23H2,1-10H3;1-4H,(H2,7,9)/b13-12+,27-15+,32-14+;12-11+,26-14+,31-13+;/t25-,26-,28-,30-,31-,33+,34-,35-,36-,37-,38-,39-,40+,41-,42-,43+,44-,45+,47+,48+;25-,27-,29-,30-,32+,33-,34-,35-,36-,37-,38-,39+,40-,41+,42-,43-,44+,46+,47+;/m00./s1. The van der Waals surface area contributed by atoms with Crippen LogP contribution in [0.15, 0.2) is 143 Å². The number of aliphatic hydroxyl groups is 6. The van der Waals surface area contributed by atoms with Gasteiger partial charge < -0.3 is 131 Å². The van der Waals surface area contributed by atoms with Gasteiger partial charge in [-0.05, 0) is 138 Å². The molecule has 13 heterocycles. The molecule has 12 aliphatic heterocycles. The second kappa shape index (κ2) is 44.4. The molecule has 0 radical (unpaired) electrons. The lowest BCUT2D eigenvalue weighted by Crippen LogP contribution is -2.58. The molecule has 0 aromatic carbocycles. The van der Waals surface area contributed by atoms with Crippen LogP contribution in [0.5, 0.6) is 0 Å². The number of fused-ring (bicyclic) bond motifs is 4. The molecule has 39 atom stereocenters. The van der Waals surface area contributed by atoms with E-state index in [1.807, 2.05) is 64.2 Å².